The van der Waals surface area contributed by atoms with Gasteiger partial charge in [0.25, 0.3) is 0 Å². The van der Waals surface area contributed by atoms with Crippen molar-refractivity contribution in [2.75, 3.05) is 0 Å². The minimum Gasteiger partial charge on any atom is -0.0622 e. The minimum atomic E-state index is 0. The van der Waals surface area contributed by atoms with Crippen LogP contribution in [0.25, 0.3) is 12.2 Å². The molecule has 0 fully saturated rings. The van der Waals surface area contributed by atoms with Gasteiger partial charge >= 0.3 is 23.9 Å². The Balaban J connectivity index is 0.00000144. The first-order valence-corrected chi connectivity index (χ1v) is 5.40. The number of hydrogen-bond donors (Lipinski definition) is 0. The average molecular weight is 325 g/mol. The van der Waals surface area contributed by atoms with Crippen LogP contribution in [0.3, 0.4) is 0 Å². The third kappa shape index (κ3) is 5.05. The zero-order chi connectivity index (χ0) is 11.1. The van der Waals surface area contributed by atoms with Gasteiger partial charge in [-0.1, -0.05) is 85.0 Å². The van der Waals surface area contributed by atoms with E-state index in [0.717, 1.165) is 0 Å². The van der Waals surface area contributed by atoms with Crippen molar-refractivity contribution in [1.29, 1.82) is 0 Å². The third-order valence-corrected chi connectivity index (χ3v) is 2.29. The largest absolute Gasteiger partial charge is 2.00 e. The summed E-state index contributed by atoms with van der Waals surface area (Å²) in [6, 6.07) is 20.6. The van der Waals surface area contributed by atoms with E-state index >= 15 is 0 Å². The Hall–Kier alpha value is -1.28. The molecule has 0 atom stereocenters. The molecule has 0 N–H and O–H groups in total. The Bertz CT molecular complexity index is 422. The van der Waals surface area contributed by atoms with Crippen molar-refractivity contribution >= 4 is 36.1 Å². The molecular formula is C16H14Sn+2. The van der Waals surface area contributed by atoms with Crippen LogP contribution in [0.2, 0.25) is 0 Å². The summed E-state index contributed by atoms with van der Waals surface area (Å²) in [5, 5.41) is 0. The topological polar surface area (TPSA) is 0 Å². The first kappa shape index (κ1) is 13.8. The van der Waals surface area contributed by atoms with E-state index in [-0.39, 0.29) is 23.9 Å². The van der Waals surface area contributed by atoms with Crippen molar-refractivity contribution < 1.29 is 0 Å². The molecule has 0 aliphatic heterocycles. The molecule has 2 aromatic rings. The van der Waals surface area contributed by atoms with Crippen LogP contribution in [0.5, 0.6) is 0 Å². The Morgan fingerprint density at radius 1 is 0.529 bits per heavy atom. The molecule has 1 heteroatoms. The number of allylic oxidation sites excluding steroid dienone is 2. The Kier molecular flexibility index (Phi) is 6.41. The molecule has 0 aliphatic carbocycles. The van der Waals surface area contributed by atoms with Gasteiger partial charge in [0, 0.05) is 0 Å². The Labute approximate surface area is 120 Å². The normalized spacial score (nSPS) is 10.6. The third-order valence-electron chi connectivity index (χ3n) is 2.29. The van der Waals surface area contributed by atoms with Crippen LogP contribution in [-0.2, 0) is 0 Å². The maximum Gasteiger partial charge on any atom is 2.00 e. The first-order valence-electron chi connectivity index (χ1n) is 5.40. The van der Waals surface area contributed by atoms with Gasteiger partial charge in [-0.3, -0.25) is 0 Å². The summed E-state index contributed by atoms with van der Waals surface area (Å²) >= 11 is 0. The molecule has 0 unspecified atom stereocenters. The summed E-state index contributed by atoms with van der Waals surface area (Å²) in [4.78, 5) is 0. The van der Waals surface area contributed by atoms with Gasteiger partial charge in [-0.25, -0.2) is 0 Å². The maximum absolute atomic E-state index is 2.10. The summed E-state index contributed by atoms with van der Waals surface area (Å²) in [5.74, 6) is 0. The SMILES string of the molecule is C(C=Cc1ccccc1)=Cc1ccccc1.[Sn+2]. The maximum atomic E-state index is 2.10. The number of rotatable bonds is 3. The summed E-state index contributed by atoms with van der Waals surface area (Å²) in [6.07, 6.45) is 8.31. The fourth-order valence-corrected chi connectivity index (χ4v) is 1.46. The molecule has 0 aliphatic rings. The van der Waals surface area contributed by atoms with E-state index in [1.807, 2.05) is 36.4 Å². The fraction of sp³-hybridized carbons (Fsp3) is 0. The van der Waals surface area contributed by atoms with E-state index in [1.165, 1.54) is 11.1 Å². The molecule has 80 valence electrons. The van der Waals surface area contributed by atoms with Gasteiger partial charge in [0.15, 0.2) is 0 Å². The van der Waals surface area contributed by atoms with Crippen molar-refractivity contribution in [3.05, 3.63) is 83.9 Å². The molecule has 17 heavy (non-hydrogen) atoms. The van der Waals surface area contributed by atoms with Crippen molar-refractivity contribution in [1.82, 2.24) is 0 Å². The van der Waals surface area contributed by atoms with E-state index < -0.39 is 0 Å². The summed E-state index contributed by atoms with van der Waals surface area (Å²) in [6.45, 7) is 0. The van der Waals surface area contributed by atoms with E-state index in [2.05, 4.69) is 48.6 Å². The molecule has 2 radical (unpaired) electrons. The van der Waals surface area contributed by atoms with Gasteiger partial charge in [-0.15, -0.1) is 0 Å². The molecule has 0 heterocycles. The van der Waals surface area contributed by atoms with Crippen LogP contribution in [0.4, 0.5) is 0 Å². The van der Waals surface area contributed by atoms with Gasteiger partial charge in [0.2, 0.25) is 0 Å². The predicted octanol–water partition coefficient (Wildman–Crippen LogP) is 4.03. The summed E-state index contributed by atoms with van der Waals surface area (Å²) < 4.78 is 0. The van der Waals surface area contributed by atoms with Crippen molar-refractivity contribution in [2.24, 2.45) is 0 Å². The summed E-state index contributed by atoms with van der Waals surface area (Å²) in [7, 11) is 0. The number of benzene rings is 2. The number of hydrogen-bond acceptors (Lipinski definition) is 0. The molecule has 0 amide bonds. The molecule has 2 aromatic carbocycles. The zero-order valence-corrected chi connectivity index (χ0v) is 12.4. The summed E-state index contributed by atoms with van der Waals surface area (Å²) in [5.41, 5.74) is 2.44. The Morgan fingerprint density at radius 3 is 1.24 bits per heavy atom. The van der Waals surface area contributed by atoms with Gasteiger partial charge < -0.3 is 0 Å². The predicted molar refractivity (Wildman–Crippen MR) is 76.7 cm³/mol. The molecule has 0 aromatic heterocycles. The fourth-order valence-electron chi connectivity index (χ4n) is 1.46. The van der Waals surface area contributed by atoms with Crippen molar-refractivity contribution in [2.45, 2.75) is 0 Å². The van der Waals surface area contributed by atoms with Crippen LogP contribution < -0.4 is 0 Å². The van der Waals surface area contributed by atoms with Gasteiger partial charge in [-0.2, -0.15) is 0 Å². The van der Waals surface area contributed by atoms with Gasteiger partial charge in [0.1, 0.15) is 0 Å². The molecule has 2 rings (SSSR count). The van der Waals surface area contributed by atoms with E-state index in [4.69, 9.17) is 0 Å². The van der Waals surface area contributed by atoms with Crippen molar-refractivity contribution in [3.8, 4) is 0 Å². The monoisotopic (exact) mass is 326 g/mol. The van der Waals surface area contributed by atoms with Crippen LogP contribution in [0.1, 0.15) is 11.1 Å². The van der Waals surface area contributed by atoms with Gasteiger partial charge in [-0.05, 0) is 11.1 Å². The van der Waals surface area contributed by atoms with Crippen LogP contribution in [-0.4, -0.2) is 23.9 Å². The first-order chi connectivity index (χ1) is 7.95. The smallest absolute Gasteiger partial charge is 0.0622 e. The molecule has 0 saturated heterocycles. The van der Waals surface area contributed by atoms with E-state index in [1.54, 1.807) is 0 Å². The van der Waals surface area contributed by atoms with Gasteiger partial charge in [0.05, 0.1) is 0 Å². The van der Waals surface area contributed by atoms with Crippen LogP contribution in [0, 0.1) is 0 Å². The molecule has 0 nitrogen and oxygen atoms in total. The molecule has 0 saturated carbocycles. The zero-order valence-electron chi connectivity index (χ0n) is 9.58. The van der Waals surface area contributed by atoms with Crippen molar-refractivity contribution in [3.63, 3.8) is 0 Å². The second-order valence-corrected chi connectivity index (χ2v) is 3.54. The van der Waals surface area contributed by atoms with Crippen LogP contribution >= 0.6 is 0 Å². The second-order valence-electron chi connectivity index (χ2n) is 3.54. The van der Waals surface area contributed by atoms with E-state index in [0.29, 0.717) is 0 Å². The second kappa shape index (κ2) is 7.91. The Morgan fingerprint density at radius 2 is 0.882 bits per heavy atom. The van der Waals surface area contributed by atoms with Crippen LogP contribution in [0.15, 0.2) is 72.8 Å². The molecule has 0 spiro atoms. The molecule has 0 bridgehead atoms. The standard InChI is InChI=1S/C16H14.Sn/c1-3-9-15(10-4-1)13-7-8-14-16-11-5-2-6-12-16;/h1-14H;/q;+2. The molecular weight excluding hydrogens is 311 g/mol. The van der Waals surface area contributed by atoms with E-state index in [9.17, 15) is 0 Å². The minimum absolute atomic E-state index is 0. The quantitative estimate of drug-likeness (QED) is 0.590. The average Bonchev–Trinajstić information content (AvgIpc) is 2.37.